The Morgan fingerprint density at radius 3 is 2.15 bits per heavy atom. The van der Waals surface area contributed by atoms with Crippen LogP contribution >= 0.6 is 0 Å². The van der Waals surface area contributed by atoms with Crippen molar-refractivity contribution in [2.75, 3.05) is 0 Å². The summed E-state index contributed by atoms with van der Waals surface area (Å²) >= 11 is 0. The van der Waals surface area contributed by atoms with Crippen molar-refractivity contribution in [3.05, 3.63) is 0 Å². The van der Waals surface area contributed by atoms with Crippen molar-refractivity contribution in [1.29, 1.82) is 0 Å². The standard InChI is InChI=1S/C36H66O2Si/c1-24(2)14-13-15-25(3)26-16-18-34(10)30-27(37)22-28-32(7,8)29(38-39(11,12)31(4,5)6)17-19-35(28)23-36(30,35)21-20-33(26,34)9/h24-30,37H,13-23H2,1-12H3. The quantitative estimate of drug-likeness (QED) is 0.315. The maximum atomic E-state index is 12.2. The molecule has 0 aromatic rings. The average Bonchev–Trinajstić information content (AvgIpc) is 3.36. The zero-order valence-corrected chi connectivity index (χ0v) is 29.2. The van der Waals surface area contributed by atoms with Crippen LogP contribution in [-0.4, -0.2) is 25.6 Å². The van der Waals surface area contributed by atoms with Crippen LogP contribution in [0.25, 0.3) is 0 Å². The van der Waals surface area contributed by atoms with Crippen LogP contribution in [0.2, 0.25) is 18.1 Å². The van der Waals surface area contributed by atoms with Gasteiger partial charge in [-0.15, -0.1) is 0 Å². The molecule has 5 saturated carbocycles. The summed E-state index contributed by atoms with van der Waals surface area (Å²) in [6.07, 6.45) is 14.8. The molecule has 39 heavy (non-hydrogen) atoms. The highest BCUT2D eigenvalue weighted by atomic mass is 28.4. The summed E-state index contributed by atoms with van der Waals surface area (Å²) in [5.74, 6) is 3.56. The molecule has 3 heteroatoms. The second kappa shape index (κ2) is 9.32. The molecule has 5 rings (SSSR count). The molecule has 0 aliphatic heterocycles. The van der Waals surface area contributed by atoms with Gasteiger partial charge in [0, 0.05) is 0 Å². The summed E-state index contributed by atoms with van der Waals surface area (Å²) in [6.45, 7) is 29.7. The molecule has 0 aromatic carbocycles. The molecule has 0 saturated heterocycles. The van der Waals surface area contributed by atoms with Crippen LogP contribution in [0.5, 0.6) is 0 Å². The van der Waals surface area contributed by atoms with Gasteiger partial charge in [-0.2, -0.15) is 0 Å². The van der Waals surface area contributed by atoms with E-state index in [0.717, 1.165) is 24.2 Å². The Hall–Kier alpha value is 0.137. The second-order valence-corrected chi connectivity index (χ2v) is 23.6. The molecule has 5 aliphatic rings. The first-order valence-electron chi connectivity index (χ1n) is 17.1. The number of aliphatic hydroxyl groups is 1. The molecule has 5 fully saturated rings. The third-order valence-corrected chi connectivity index (χ3v) is 19.9. The van der Waals surface area contributed by atoms with Gasteiger partial charge in [0.05, 0.1) is 12.2 Å². The van der Waals surface area contributed by atoms with Crippen molar-refractivity contribution in [2.24, 2.45) is 56.7 Å². The van der Waals surface area contributed by atoms with Crippen molar-refractivity contribution in [2.45, 2.75) is 170 Å². The molecule has 10 atom stereocenters. The average molecular weight is 559 g/mol. The first-order chi connectivity index (χ1) is 17.8. The Balaban J connectivity index is 1.39. The smallest absolute Gasteiger partial charge is 0.192 e. The van der Waals surface area contributed by atoms with Gasteiger partial charge in [-0.3, -0.25) is 0 Å². The Morgan fingerprint density at radius 2 is 1.54 bits per heavy atom. The molecule has 10 unspecified atom stereocenters. The highest BCUT2D eigenvalue weighted by Crippen LogP contribution is 2.89. The Morgan fingerprint density at radius 1 is 0.872 bits per heavy atom. The van der Waals surface area contributed by atoms with Crippen LogP contribution in [-0.2, 0) is 4.43 Å². The van der Waals surface area contributed by atoms with E-state index in [2.05, 4.69) is 82.3 Å². The predicted molar refractivity (Wildman–Crippen MR) is 168 cm³/mol. The van der Waals surface area contributed by atoms with E-state index in [1.165, 1.54) is 64.2 Å². The van der Waals surface area contributed by atoms with Gasteiger partial charge < -0.3 is 9.53 Å². The van der Waals surface area contributed by atoms with E-state index in [4.69, 9.17) is 4.43 Å². The molecule has 0 amide bonds. The molecule has 226 valence electrons. The number of hydrogen-bond acceptors (Lipinski definition) is 2. The summed E-state index contributed by atoms with van der Waals surface area (Å²) < 4.78 is 7.19. The molecule has 0 aromatic heterocycles. The number of aliphatic hydroxyl groups excluding tert-OH is 1. The first-order valence-corrected chi connectivity index (χ1v) is 20.1. The van der Waals surface area contributed by atoms with Crippen LogP contribution < -0.4 is 0 Å². The van der Waals surface area contributed by atoms with Gasteiger partial charge in [0.1, 0.15) is 0 Å². The van der Waals surface area contributed by atoms with Crippen molar-refractivity contribution >= 4 is 8.32 Å². The van der Waals surface area contributed by atoms with Crippen molar-refractivity contribution in [1.82, 2.24) is 0 Å². The fourth-order valence-electron chi connectivity index (χ4n) is 12.1. The lowest BCUT2D eigenvalue weighted by Gasteiger charge is -2.65. The maximum Gasteiger partial charge on any atom is 0.192 e. The van der Waals surface area contributed by atoms with Crippen LogP contribution in [0, 0.1) is 56.7 Å². The highest BCUT2D eigenvalue weighted by Gasteiger charge is 2.84. The fraction of sp³-hybridized carbons (Fsp3) is 1.00. The Bertz CT molecular complexity index is 933. The third-order valence-electron chi connectivity index (χ3n) is 15.4. The largest absolute Gasteiger partial charge is 0.413 e. The van der Waals surface area contributed by atoms with Gasteiger partial charge in [-0.1, -0.05) is 88.5 Å². The van der Waals surface area contributed by atoms with Crippen molar-refractivity contribution in [3.63, 3.8) is 0 Å². The van der Waals surface area contributed by atoms with Crippen LogP contribution in [0.3, 0.4) is 0 Å². The maximum absolute atomic E-state index is 12.2. The number of fused-ring (bicyclic) bond motifs is 2. The molecule has 2 nitrogen and oxygen atoms in total. The summed E-state index contributed by atoms with van der Waals surface area (Å²) in [6, 6.07) is 0. The number of rotatable bonds is 7. The van der Waals surface area contributed by atoms with Gasteiger partial charge in [0.15, 0.2) is 8.32 Å². The fourth-order valence-corrected chi connectivity index (χ4v) is 13.6. The lowest BCUT2D eigenvalue weighted by molar-refractivity contribution is -0.199. The zero-order chi connectivity index (χ0) is 29.0. The van der Waals surface area contributed by atoms with E-state index in [1.54, 1.807) is 0 Å². The van der Waals surface area contributed by atoms with Crippen LogP contribution in [0.1, 0.15) is 140 Å². The number of hydrogen-bond donors (Lipinski definition) is 1. The summed E-state index contributed by atoms with van der Waals surface area (Å²) in [4.78, 5) is 0. The van der Waals surface area contributed by atoms with Gasteiger partial charge in [0.25, 0.3) is 0 Å². The zero-order valence-electron chi connectivity index (χ0n) is 28.2. The van der Waals surface area contributed by atoms with E-state index in [0.29, 0.717) is 34.2 Å². The van der Waals surface area contributed by atoms with Gasteiger partial charge >= 0.3 is 0 Å². The van der Waals surface area contributed by atoms with Gasteiger partial charge in [-0.05, 0) is 126 Å². The highest BCUT2D eigenvalue weighted by molar-refractivity contribution is 6.74. The molecule has 5 aliphatic carbocycles. The third kappa shape index (κ3) is 4.18. The molecule has 2 spiro atoms. The van der Waals surface area contributed by atoms with Crippen molar-refractivity contribution < 1.29 is 9.53 Å². The SMILES string of the molecule is CC(C)CCCC(C)C1CCC2(C)C3C(O)CC4C(C)(C)C(O[Si](C)(C)C(C)(C)C)CCC45CC35CCC12C. The molecule has 0 radical (unpaired) electrons. The minimum absolute atomic E-state index is 0.133. The minimum atomic E-state index is -1.84. The summed E-state index contributed by atoms with van der Waals surface area (Å²) in [5, 5.41) is 12.5. The van der Waals surface area contributed by atoms with E-state index in [-0.39, 0.29) is 22.0 Å². The van der Waals surface area contributed by atoms with Crippen LogP contribution in [0.15, 0.2) is 0 Å². The van der Waals surface area contributed by atoms with E-state index in [1.807, 2.05) is 0 Å². The summed E-state index contributed by atoms with van der Waals surface area (Å²) in [7, 11) is -1.84. The molecule has 0 heterocycles. The lowest BCUT2D eigenvalue weighted by atomic mass is 9.41. The van der Waals surface area contributed by atoms with E-state index >= 15 is 0 Å². The monoisotopic (exact) mass is 558 g/mol. The van der Waals surface area contributed by atoms with E-state index in [9.17, 15) is 5.11 Å². The molecular weight excluding hydrogens is 492 g/mol. The Kier molecular flexibility index (Phi) is 7.31. The second-order valence-electron chi connectivity index (χ2n) is 18.8. The van der Waals surface area contributed by atoms with Crippen LogP contribution in [0.4, 0.5) is 0 Å². The van der Waals surface area contributed by atoms with Crippen molar-refractivity contribution in [3.8, 4) is 0 Å². The van der Waals surface area contributed by atoms with Gasteiger partial charge in [0.2, 0.25) is 0 Å². The molecule has 1 N–H and O–H groups in total. The molecule has 0 bridgehead atoms. The van der Waals surface area contributed by atoms with Gasteiger partial charge in [-0.25, -0.2) is 0 Å². The Labute approximate surface area is 244 Å². The molecular formula is C36H66O2Si. The predicted octanol–water partition coefficient (Wildman–Crippen LogP) is 10.2. The first kappa shape index (κ1) is 30.6. The summed E-state index contributed by atoms with van der Waals surface area (Å²) in [5.41, 5.74) is 1.65. The normalized spacial score (nSPS) is 47.7. The lowest BCUT2D eigenvalue weighted by Crippen LogP contribution is -2.62. The minimum Gasteiger partial charge on any atom is -0.413 e. The van der Waals surface area contributed by atoms with E-state index < -0.39 is 8.32 Å². The topological polar surface area (TPSA) is 29.5 Å².